The molecular weight excluding hydrogens is 285 g/mol. The Bertz CT molecular complexity index is 557. The minimum Gasteiger partial charge on any atom is -0.454 e. The highest BCUT2D eigenvalue weighted by Crippen LogP contribution is 2.33. The van der Waals surface area contributed by atoms with Crippen LogP contribution in [0.1, 0.15) is 5.56 Å². The normalized spacial score (nSPS) is 10.3. The number of nitrogen functional groups attached to an aromatic ring is 1. The highest BCUT2D eigenvalue weighted by molar-refractivity contribution is 9.10. The number of hydrogen-bond donors (Lipinski definition) is 1. The van der Waals surface area contributed by atoms with Crippen molar-refractivity contribution in [2.24, 2.45) is 0 Å². The van der Waals surface area contributed by atoms with Crippen molar-refractivity contribution >= 4 is 21.6 Å². The number of rotatable bonds is 2. The van der Waals surface area contributed by atoms with Crippen LogP contribution in [0.25, 0.3) is 0 Å². The first kappa shape index (κ1) is 11.9. The molecule has 0 aliphatic heterocycles. The number of benzene rings is 2. The summed E-state index contributed by atoms with van der Waals surface area (Å²) in [6.45, 7) is 1.94. The van der Waals surface area contributed by atoms with Crippen LogP contribution in [0, 0.1) is 12.7 Å². The molecule has 0 bridgehead atoms. The topological polar surface area (TPSA) is 35.2 Å². The van der Waals surface area contributed by atoms with Gasteiger partial charge in [0.15, 0.2) is 0 Å². The van der Waals surface area contributed by atoms with E-state index in [2.05, 4.69) is 15.9 Å². The van der Waals surface area contributed by atoms with Gasteiger partial charge in [-0.05, 0) is 52.7 Å². The van der Waals surface area contributed by atoms with Crippen molar-refractivity contribution in [3.8, 4) is 11.5 Å². The molecule has 2 aromatic rings. The van der Waals surface area contributed by atoms with Crippen LogP contribution in [-0.4, -0.2) is 0 Å². The maximum atomic E-state index is 13.1. The molecule has 2 aromatic carbocycles. The number of hydrogen-bond acceptors (Lipinski definition) is 2. The van der Waals surface area contributed by atoms with Gasteiger partial charge in [-0.15, -0.1) is 0 Å². The summed E-state index contributed by atoms with van der Waals surface area (Å²) in [7, 11) is 0. The Morgan fingerprint density at radius 2 is 1.88 bits per heavy atom. The maximum absolute atomic E-state index is 13.1. The van der Waals surface area contributed by atoms with Gasteiger partial charge in [-0.25, -0.2) is 4.39 Å². The predicted molar refractivity (Wildman–Crippen MR) is 69.8 cm³/mol. The molecule has 17 heavy (non-hydrogen) atoms. The minimum atomic E-state index is -0.353. The van der Waals surface area contributed by atoms with E-state index < -0.39 is 0 Å². The number of ether oxygens (including phenoxy) is 1. The van der Waals surface area contributed by atoms with Gasteiger partial charge >= 0.3 is 0 Å². The molecule has 2 N–H and O–H groups in total. The fourth-order valence-corrected chi connectivity index (χ4v) is 1.76. The first-order valence-corrected chi connectivity index (χ1v) is 5.84. The van der Waals surface area contributed by atoms with E-state index >= 15 is 0 Å². The molecule has 0 aliphatic rings. The number of aryl methyl sites for hydroxylation is 1. The van der Waals surface area contributed by atoms with Crippen LogP contribution in [0.3, 0.4) is 0 Å². The molecule has 2 nitrogen and oxygen atoms in total. The second-order valence-electron chi connectivity index (χ2n) is 3.72. The van der Waals surface area contributed by atoms with Crippen molar-refractivity contribution in [1.29, 1.82) is 0 Å². The van der Waals surface area contributed by atoms with Gasteiger partial charge in [-0.3, -0.25) is 0 Å². The van der Waals surface area contributed by atoms with Crippen LogP contribution in [0.15, 0.2) is 40.9 Å². The Labute approximate surface area is 107 Å². The largest absolute Gasteiger partial charge is 0.454 e. The summed E-state index contributed by atoms with van der Waals surface area (Å²) in [6, 6.07) is 9.72. The lowest BCUT2D eigenvalue weighted by Gasteiger charge is -2.10. The summed E-state index contributed by atoms with van der Waals surface area (Å²) in [4.78, 5) is 0. The predicted octanol–water partition coefficient (Wildman–Crippen LogP) is 4.27. The zero-order valence-electron chi connectivity index (χ0n) is 9.21. The van der Waals surface area contributed by atoms with Gasteiger partial charge in [-0.2, -0.15) is 0 Å². The SMILES string of the molecule is Cc1ccc(Oc2cc(F)ccc2Br)c(N)c1. The fourth-order valence-electron chi connectivity index (χ4n) is 1.43. The monoisotopic (exact) mass is 295 g/mol. The van der Waals surface area contributed by atoms with Crippen molar-refractivity contribution in [3.63, 3.8) is 0 Å². The first-order valence-electron chi connectivity index (χ1n) is 5.05. The molecule has 0 spiro atoms. The number of halogens is 2. The van der Waals surface area contributed by atoms with Crippen LogP contribution in [0.4, 0.5) is 10.1 Å². The lowest BCUT2D eigenvalue weighted by atomic mass is 10.2. The average molecular weight is 296 g/mol. The Balaban J connectivity index is 2.34. The van der Waals surface area contributed by atoms with Gasteiger partial charge in [-0.1, -0.05) is 6.07 Å². The zero-order chi connectivity index (χ0) is 12.4. The summed E-state index contributed by atoms with van der Waals surface area (Å²) in [6.07, 6.45) is 0. The molecule has 4 heteroatoms. The second kappa shape index (κ2) is 4.75. The lowest BCUT2D eigenvalue weighted by molar-refractivity contribution is 0.476. The van der Waals surface area contributed by atoms with E-state index in [0.717, 1.165) is 5.56 Å². The third-order valence-corrected chi connectivity index (χ3v) is 2.93. The molecule has 88 valence electrons. The van der Waals surface area contributed by atoms with Gasteiger partial charge in [0.2, 0.25) is 0 Å². The molecule has 0 unspecified atom stereocenters. The van der Waals surface area contributed by atoms with E-state index in [4.69, 9.17) is 10.5 Å². The van der Waals surface area contributed by atoms with E-state index in [1.807, 2.05) is 19.1 Å². The van der Waals surface area contributed by atoms with E-state index in [9.17, 15) is 4.39 Å². The summed E-state index contributed by atoms with van der Waals surface area (Å²) in [5, 5.41) is 0. The minimum absolute atomic E-state index is 0.353. The van der Waals surface area contributed by atoms with E-state index in [1.54, 1.807) is 12.1 Å². The molecule has 0 radical (unpaired) electrons. The molecule has 0 aliphatic carbocycles. The molecule has 0 aromatic heterocycles. The zero-order valence-corrected chi connectivity index (χ0v) is 10.8. The standard InChI is InChI=1S/C13H11BrFNO/c1-8-2-5-12(11(16)6-8)17-13-7-9(15)3-4-10(13)14/h2-7H,16H2,1H3. The van der Waals surface area contributed by atoms with Gasteiger partial charge < -0.3 is 10.5 Å². The Morgan fingerprint density at radius 1 is 1.12 bits per heavy atom. The van der Waals surface area contributed by atoms with Crippen molar-refractivity contribution in [2.75, 3.05) is 5.73 Å². The van der Waals surface area contributed by atoms with E-state index in [1.165, 1.54) is 12.1 Å². The molecule has 2 rings (SSSR count). The van der Waals surface area contributed by atoms with Gasteiger partial charge in [0.1, 0.15) is 17.3 Å². The molecule has 0 atom stereocenters. The van der Waals surface area contributed by atoms with Crippen LogP contribution in [-0.2, 0) is 0 Å². The average Bonchev–Trinajstić information content (AvgIpc) is 2.27. The maximum Gasteiger partial charge on any atom is 0.150 e. The summed E-state index contributed by atoms with van der Waals surface area (Å²) in [5.41, 5.74) is 7.40. The summed E-state index contributed by atoms with van der Waals surface area (Å²) >= 11 is 3.29. The number of anilines is 1. The quantitative estimate of drug-likeness (QED) is 0.840. The highest BCUT2D eigenvalue weighted by Gasteiger charge is 2.07. The van der Waals surface area contributed by atoms with Crippen LogP contribution >= 0.6 is 15.9 Å². The number of nitrogens with two attached hydrogens (primary N) is 1. The molecule has 0 saturated heterocycles. The van der Waals surface area contributed by atoms with E-state index in [0.29, 0.717) is 21.7 Å². The van der Waals surface area contributed by atoms with Crippen molar-refractivity contribution in [1.82, 2.24) is 0 Å². The van der Waals surface area contributed by atoms with Crippen LogP contribution in [0.5, 0.6) is 11.5 Å². The third-order valence-electron chi connectivity index (χ3n) is 2.28. The van der Waals surface area contributed by atoms with Crippen molar-refractivity contribution in [3.05, 3.63) is 52.3 Å². The molecule has 0 amide bonds. The van der Waals surface area contributed by atoms with Gasteiger partial charge in [0, 0.05) is 6.07 Å². The third kappa shape index (κ3) is 2.77. The van der Waals surface area contributed by atoms with Crippen LogP contribution < -0.4 is 10.5 Å². The first-order chi connectivity index (χ1) is 8.06. The Kier molecular flexibility index (Phi) is 3.33. The van der Waals surface area contributed by atoms with Crippen molar-refractivity contribution < 1.29 is 9.13 Å². The summed E-state index contributed by atoms with van der Waals surface area (Å²) < 4.78 is 19.3. The molecule has 0 fully saturated rings. The Hall–Kier alpha value is -1.55. The highest BCUT2D eigenvalue weighted by atomic mass is 79.9. The molecule has 0 saturated carbocycles. The lowest BCUT2D eigenvalue weighted by Crippen LogP contribution is -1.93. The molecule has 0 heterocycles. The van der Waals surface area contributed by atoms with E-state index in [-0.39, 0.29) is 5.82 Å². The van der Waals surface area contributed by atoms with Crippen molar-refractivity contribution in [2.45, 2.75) is 6.92 Å². The smallest absolute Gasteiger partial charge is 0.150 e. The van der Waals surface area contributed by atoms with Crippen LogP contribution in [0.2, 0.25) is 0 Å². The summed E-state index contributed by atoms with van der Waals surface area (Å²) in [5.74, 6) is 0.566. The molecular formula is C13H11BrFNO. The Morgan fingerprint density at radius 3 is 2.59 bits per heavy atom. The fraction of sp³-hybridized carbons (Fsp3) is 0.0769. The van der Waals surface area contributed by atoms with Gasteiger partial charge in [0.25, 0.3) is 0 Å². The van der Waals surface area contributed by atoms with Gasteiger partial charge in [0.05, 0.1) is 10.2 Å². The second-order valence-corrected chi connectivity index (χ2v) is 4.57.